The van der Waals surface area contributed by atoms with Crippen molar-refractivity contribution in [1.82, 2.24) is 4.68 Å². The first-order chi connectivity index (χ1) is 8.80. The predicted octanol–water partition coefficient (Wildman–Crippen LogP) is 1.50. The molecule has 2 rings (SSSR count). The summed E-state index contributed by atoms with van der Waals surface area (Å²) >= 11 is 0. The van der Waals surface area contributed by atoms with Crippen molar-refractivity contribution < 1.29 is 17.6 Å². The third-order valence-electron chi connectivity index (χ3n) is 2.35. The minimum Gasteiger partial charge on any atom is -0.388 e. The van der Waals surface area contributed by atoms with Crippen LogP contribution in [0.15, 0.2) is 33.5 Å². The largest absolute Gasteiger partial charge is 0.441 e. The van der Waals surface area contributed by atoms with Gasteiger partial charge in [-0.25, -0.2) is 4.79 Å². The van der Waals surface area contributed by atoms with Crippen LogP contribution in [0.5, 0.6) is 0 Å². The molecule has 0 radical (unpaired) electrons. The zero-order valence-electron chi connectivity index (χ0n) is 9.36. The van der Waals surface area contributed by atoms with Gasteiger partial charge in [0, 0.05) is 0 Å². The molecule has 0 fully saturated rings. The third kappa shape index (κ3) is 2.34. The van der Waals surface area contributed by atoms with E-state index in [9.17, 15) is 18.0 Å². The summed E-state index contributed by atoms with van der Waals surface area (Å²) in [6, 6.07) is 4.70. The number of nitrogens with one attached hydrogen (secondary N) is 1. The van der Waals surface area contributed by atoms with E-state index in [0.717, 1.165) is 6.07 Å². The fourth-order valence-electron chi connectivity index (χ4n) is 1.49. The number of nitrogens with two attached hydrogens (primary N) is 2. The standard InChI is InChI=1S/C10H9F3N4O2/c11-10(12,13)5-3-1-2-4-6(5)16-8-7(14)19-9(18)17(8)15/h1-4,16H,14-15H2. The van der Waals surface area contributed by atoms with Gasteiger partial charge in [0.05, 0.1) is 11.3 Å². The van der Waals surface area contributed by atoms with Crippen molar-refractivity contribution in [2.45, 2.75) is 6.18 Å². The van der Waals surface area contributed by atoms with E-state index >= 15 is 0 Å². The molecule has 1 aromatic heterocycles. The van der Waals surface area contributed by atoms with Crippen molar-refractivity contribution in [2.24, 2.45) is 0 Å². The molecule has 0 spiro atoms. The Bertz CT molecular complexity index is 660. The summed E-state index contributed by atoms with van der Waals surface area (Å²) in [5.41, 5.74) is 4.13. The normalized spacial score (nSPS) is 11.5. The second-order valence-electron chi connectivity index (χ2n) is 3.62. The van der Waals surface area contributed by atoms with Crippen molar-refractivity contribution in [2.75, 3.05) is 16.9 Å². The van der Waals surface area contributed by atoms with Gasteiger partial charge < -0.3 is 21.3 Å². The molecule has 0 bridgehead atoms. The molecule has 6 nitrogen and oxygen atoms in total. The average molecular weight is 274 g/mol. The van der Waals surface area contributed by atoms with Crippen molar-refractivity contribution in [3.8, 4) is 0 Å². The highest BCUT2D eigenvalue weighted by Gasteiger charge is 2.33. The SMILES string of the molecule is Nc1oc(=O)n(N)c1Nc1ccccc1C(F)(F)F. The van der Waals surface area contributed by atoms with Crippen LogP contribution in [0, 0.1) is 0 Å². The smallest absolute Gasteiger partial charge is 0.388 e. The topological polar surface area (TPSA) is 99.2 Å². The summed E-state index contributed by atoms with van der Waals surface area (Å²) in [4.78, 5) is 11.1. The summed E-state index contributed by atoms with van der Waals surface area (Å²) in [7, 11) is 0. The molecule has 0 aliphatic rings. The van der Waals surface area contributed by atoms with Gasteiger partial charge in [0.25, 0.3) is 0 Å². The van der Waals surface area contributed by atoms with Gasteiger partial charge in [-0.2, -0.15) is 17.8 Å². The first-order valence-electron chi connectivity index (χ1n) is 5.00. The Kier molecular flexibility index (Phi) is 2.89. The number of rotatable bonds is 2. The fraction of sp³-hybridized carbons (Fsp3) is 0.100. The average Bonchev–Trinajstić information content (AvgIpc) is 2.55. The summed E-state index contributed by atoms with van der Waals surface area (Å²) in [5, 5.41) is 2.34. The molecular weight excluding hydrogens is 265 g/mol. The molecule has 0 saturated carbocycles. The maximum atomic E-state index is 12.8. The van der Waals surface area contributed by atoms with Crippen LogP contribution in [-0.4, -0.2) is 4.68 Å². The number of oxazole rings is 1. The van der Waals surface area contributed by atoms with E-state index < -0.39 is 23.4 Å². The van der Waals surface area contributed by atoms with Crippen LogP contribution in [0.2, 0.25) is 0 Å². The minimum atomic E-state index is -4.55. The second kappa shape index (κ2) is 4.26. The molecule has 19 heavy (non-hydrogen) atoms. The Hall–Kier alpha value is -2.58. The summed E-state index contributed by atoms with van der Waals surface area (Å²) in [5.74, 6) is 3.67. The molecule has 0 unspecified atom stereocenters. The maximum absolute atomic E-state index is 12.8. The van der Waals surface area contributed by atoms with E-state index in [4.69, 9.17) is 11.6 Å². The first kappa shape index (κ1) is 12.9. The molecule has 0 saturated heterocycles. The van der Waals surface area contributed by atoms with Gasteiger partial charge in [0.15, 0.2) is 5.82 Å². The van der Waals surface area contributed by atoms with Gasteiger partial charge >= 0.3 is 11.9 Å². The van der Waals surface area contributed by atoms with Crippen LogP contribution >= 0.6 is 0 Å². The molecule has 0 atom stereocenters. The van der Waals surface area contributed by atoms with Crippen LogP contribution in [0.1, 0.15) is 5.56 Å². The molecule has 0 aliphatic carbocycles. The second-order valence-corrected chi connectivity index (χ2v) is 3.62. The van der Waals surface area contributed by atoms with Crippen LogP contribution in [0.3, 0.4) is 0 Å². The highest BCUT2D eigenvalue weighted by Crippen LogP contribution is 2.36. The number of benzene rings is 1. The van der Waals surface area contributed by atoms with E-state index in [1.54, 1.807) is 0 Å². The number of nitrogen functional groups attached to an aromatic ring is 2. The molecule has 0 amide bonds. The number of anilines is 3. The molecule has 2 aromatic rings. The molecule has 0 aliphatic heterocycles. The van der Waals surface area contributed by atoms with Crippen molar-refractivity contribution in [3.63, 3.8) is 0 Å². The van der Waals surface area contributed by atoms with E-state index in [1.807, 2.05) is 0 Å². The van der Waals surface area contributed by atoms with Gasteiger partial charge in [-0.3, -0.25) is 0 Å². The number of hydrogen-bond acceptors (Lipinski definition) is 5. The Labute approximate surface area is 104 Å². The fourth-order valence-corrected chi connectivity index (χ4v) is 1.49. The molecular formula is C10H9F3N4O2. The lowest BCUT2D eigenvalue weighted by molar-refractivity contribution is -0.136. The van der Waals surface area contributed by atoms with Gasteiger partial charge in [-0.1, -0.05) is 12.1 Å². The van der Waals surface area contributed by atoms with E-state index in [1.165, 1.54) is 18.2 Å². The molecule has 1 heterocycles. The van der Waals surface area contributed by atoms with Crippen molar-refractivity contribution in [1.29, 1.82) is 0 Å². The Morgan fingerprint density at radius 1 is 1.26 bits per heavy atom. The number of aromatic nitrogens is 1. The minimum absolute atomic E-state index is 0.248. The van der Waals surface area contributed by atoms with Crippen LogP contribution in [0.4, 0.5) is 30.6 Å². The number of nitrogens with zero attached hydrogens (tertiary/aromatic N) is 1. The molecule has 9 heteroatoms. The lowest BCUT2D eigenvalue weighted by Crippen LogP contribution is -2.24. The number of halogens is 3. The van der Waals surface area contributed by atoms with E-state index in [2.05, 4.69) is 9.73 Å². The summed E-state index contributed by atoms with van der Waals surface area (Å²) < 4.78 is 43.2. The van der Waals surface area contributed by atoms with E-state index in [0.29, 0.717) is 4.68 Å². The Balaban J connectivity index is 2.47. The highest BCUT2D eigenvalue weighted by molar-refractivity contribution is 5.68. The van der Waals surface area contributed by atoms with Crippen LogP contribution < -0.4 is 22.6 Å². The van der Waals surface area contributed by atoms with Crippen LogP contribution in [-0.2, 0) is 6.18 Å². The van der Waals surface area contributed by atoms with Crippen molar-refractivity contribution >= 4 is 17.4 Å². The molecule has 1 aromatic carbocycles. The van der Waals surface area contributed by atoms with Crippen LogP contribution in [0.25, 0.3) is 0 Å². The third-order valence-corrected chi connectivity index (χ3v) is 2.35. The summed E-state index contributed by atoms with van der Waals surface area (Å²) in [6.45, 7) is 0. The lowest BCUT2D eigenvalue weighted by atomic mass is 10.1. The molecule has 5 N–H and O–H groups in total. The van der Waals surface area contributed by atoms with Crippen molar-refractivity contribution in [3.05, 3.63) is 40.4 Å². The van der Waals surface area contributed by atoms with Gasteiger partial charge in [-0.15, -0.1) is 0 Å². The predicted molar refractivity (Wildman–Crippen MR) is 62.3 cm³/mol. The van der Waals surface area contributed by atoms with Gasteiger partial charge in [0.2, 0.25) is 5.88 Å². The number of hydrogen-bond donors (Lipinski definition) is 3. The van der Waals surface area contributed by atoms with Gasteiger partial charge in [0.1, 0.15) is 0 Å². The quantitative estimate of drug-likeness (QED) is 0.721. The van der Waals surface area contributed by atoms with E-state index in [-0.39, 0.29) is 11.5 Å². The first-order valence-corrected chi connectivity index (χ1v) is 5.00. The zero-order valence-corrected chi connectivity index (χ0v) is 9.36. The Morgan fingerprint density at radius 3 is 2.42 bits per heavy atom. The highest BCUT2D eigenvalue weighted by atomic mass is 19.4. The summed E-state index contributed by atoms with van der Waals surface area (Å²) in [6.07, 6.45) is -4.55. The maximum Gasteiger partial charge on any atom is 0.441 e. The lowest BCUT2D eigenvalue weighted by Gasteiger charge is -2.13. The molecule has 102 valence electrons. The Morgan fingerprint density at radius 2 is 1.89 bits per heavy atom. The van der Waals surface area contributed by atoms with Gasteiger partial charge in [-0.05, 0) is 12.1 Å². The zero-order chi connectivity index (χ0) is 14.2. The number of alkyl halides is 3. The monoisotopic (exact) mass is 274 g/mol. The number of para-hydroxylation sites is 1.